The summed E-state index contributed by atoms with van der Waals surface area (Å²) < 4.78 is 37.5. The smallest absolute Gasteiger partial charge is 0.338 e. The highest BCUT2D eigenvalue weighted by Crippen LogP contribution is 2.29. The van der Waals surface area contributed by atoms with Crippen molar-refractivity contribution in [2.45, 2.75) is 18.6 Å². The average molecular weight is 341 g/mol. The van der Waals surface area contributed by atoms with Gasteiger partial charge >= 0.3 is 12.2 Å². The third kappa shape index (κ3) is 3.06. The fraction of sp³-hybridized carbons (Fsp3) is 0.400. The summed E-state index contributed by atoms with van der Waals surface area (Å²) in [6, 6.07) is 3.63. The van der Waals surface area contributed by atoms with Crippen molar-refractivity contribution < 1.29 is 27.6 Å². The lowest BCUT2D eigenvalue weighted by Crippen LogP contribution is -2.62. The first kappa shape index (κ1) is 16.3. The molecule has 0 atom stereocenters. The third-order valence-electron chi connectivity index (χ3n) is 4.10. The second kappa shape index (κ2) is 5.81. The van der Waals surface area contributed by atoms with Gasteiger partial charge in [-0.1, -0.05) is 12.1 Å². The molecule has 24 heavy (non-hydrogen) atoms. The normalized spacial score (nSPS) is 18.6. The van der Waals surface area contributed by atoms with Crippen molar-refractivity contribution in [3.05, 3.63) is 35.4 Å². The SMILES string of the molecule is O=C(Cc1ccc(C(F)(F)F)cc1)N1CC(N2C(=O)CNC2=O)C1. The van der Waals surface area contributed by atoms with E-state index in [1.165, 1.54) is 17.0 Å². The van der Waals surface area contributed by atoms with Gasteiger partial charge in [0.15, 0.2) is 0 Å². The Morgan fingerprint density at radius 1 is 1.17 bits per heavy atom. The topological polar surface area (TPSA) is 69.7 Å². The summed E-state index contributed by atoms with van der Waals surface area (Å²) in [4.78, 5) is 37.7. The minimum absolute atomic E-state index is 0.0228. The molecular formula is C15H14F3N3O3. The Morgan fingerprint density at radius 3 is 2.29 bits per heavy atom. The molecule has 0 bridgehead atoms. The van der Waals surface area contributed by atoms with E-state index >= 15 is 0 Å². The molecule has 128 valence electrons. The first-order chi connectivity index (χ1) is 11.3. The number of nitrogens with zero attached hydrogens (tertiary/aromatic N) is 2. The van der Waals surface area contributed by atoms with Gasteiger partial charge in [-0.15, -0.1) is 0 Å². The number of nitrogens with one attached hydrogen (secondary N) is 1. The summed E-state index contributed by atoms with van der Waals surface area (Å²) in [6.45, 7) is 0.464. The van der Waals surface area contributed by atoms with E-state index in [4.69, 9.17) is 0 Å². The van der Waals surface area contributed by atoms with Crippen molar-refractivity contribution in [1.29, 1.82) is 0 Å². The van der Waals surface area contributed by atoms with Gasteiger partial charge in [-0.25, -0.2) is 4.79 Å². The Labute approximate surface area is 135 Å². The van der Waals surface area contributed by atoms with Gasteiger partial charge in [-0.05, 0) is 17.7 Å². The van der Waals surface area contributed by atoms with E-state index in [1.54, 1.807) is 0 Å². The van der Waals surface area contributed by atoms with Gasteiger partial charge in [0.25, 0.3) is 0 Å². The van der Waals surface area contributed by atoms with Crippen LogP contribution in [0.2, 0.25) is 0 Å². The van der Waals surface area contributed by atoms with Crippen molar-refractivity contribution in [3.63, 3.8) is 0 Å². The number of hydrogen-bond donors (Lipinski definition) is 1. The van der Waals surface area contributed by atoms with Crippen LogP contribution in [0.3, 0.4) is 0 Å². The van der Waals surface area contributed by atoms with E-state index in [2.05, 4.69) is 5.32 Å². The zero-order valence-corrected chi connectivity index (χ0v) is 12.5. The van der Waals surface area contributed by atoms with Crippen molar-refractivity contribution in [1.82, 2.24) is 15.1 Å². The van der Waals surface area contributed by atoms with E-state index in [0.29, 0.717) is 5.56 Å². The van der Waals surface area contributed by atoms with Crippen LogP contribution in [0.25, 0.3) is 0 Å². The van der Waals surface area contributed by atoms with Crippen molar-refractivity contribution in [3.8, 4) is 0 Å². The number of carbonyl (C=O) groups excluding carboxylic acids is 3. The van der Waals surface area contributed by atoms with E-state index in [9.17, 15) is 27.6 Å². The van der Waals surface area contributed by atoms with Crippen LogP contribution >= 0.6 is 0 Å². The number of amides is 4. The second-order valence-electron chi connectivity index (χ2n) is 5.75. The first-order valence-corrected chi connectivity index (χ1v) is 7.29. The van der Waals surface area contributed by atoms with Crippen LogP contribution in [0.5, 0.6) is 0 Å². The zero-order chi connectivity index (χ0) is 17.5. The summed E-state index contributed by atoms with van der Waals surface area (Å²) in [5, 5.41) is 2.41. The number of rotatable bonds is 3. The first-order valence-electron chi connectivity index (χ1n) is 7.29. The van der Waals surface area contributed by atoms with Crippen molar-refractivity contribution >= 4 is 17.8 Å². The van der Waals surface area contributed by atoms with Gasteiger partial charge in [0.05, 0.1) is 24.6 Å². The number of alkyl halides is 3. The highest BCUT2D eigenvalue weighted by Gasteiger charge is 2.42. The highest BCUT2D eigenvalue weighted by atomic mass is 19.4. The van der Waals surface area contributed by atoms with Gasteiger partial charge in [0.1, 0.15) is 0 Å². The Kier molecular flexibility index (Phi) is 3.94. The Morgan fingerprint density at radius 2 is 1.79 bits per heavy atom. The quantitative estimate of drug-likeness (QED) is 0.835. The summed E-state index contributed by atoms with van der Waals surface area (Å²) in [5.74, 6) is -0.571. The Bertz CT molecular complexity index is 665. The van der Waals surface area contributed by atoms with Crippen molar-refractivity contribution in [2.75, 3.05) is 19.6 Å². The number of imide groups is 1. The number of urea groups is 1. The molecule has 1 aromatic carbocycles. The molecule has 0 radical (unpaired) electrons. The van der Waals surface area contributed by atoms with E-state index in [0.717, 1.165) is 17.0 Å². The minimum atomic E-state index is -4.41. The number of hydrogen-bond acceptors (Lipinski definition) is 3. The second-order valence-corrected chi connectivity index (χ2v) is 5.75. The number of benzene rings is 1. The maximum atomic E-state index is 12.5. The highest BCUT2D eigenvalue weighted by molar-refractivity contribution is 6.02. The number of carbonyl (C=O) groups is 3. The van der Waals surface area contributed by atoms with Crippen LogP contribution in [0, 0.1) is 0 Å². The standard InChI is InChI=1S/C15H14F3N3O3/c16-15(17,18)10-3-1-9(2-4-10)5-12(22)20-7-11(8-20)21-13(23)6-19-14(21)24/h1-4,11H,5-8H2,(H,19,24). The van der Waals surface area contributed by atoms with Crippen LogP contribution in [0.4, 0.5) is 18.0 Å². The average Bonchev–Trinajstić information content (AvgIpc) is 2.77. The molecule has 0 unspecified atom stereocenters. The van der Waals surface area contributed by atoms with Crippen LogP contribution in [0.1, 0.15) is 11.1 Å². The minimum Gasteiger partial charge on any atom is -0.338 e. The molecule has 9 heteroatoms. The molecule has 2 fully saturated rings. The molecule has 2 aliphatic rings. The fourth-order valence-electron chi connectivity index (χ4n) is 2.72. The molecule has 0 aromatic heterocycles. The van der Waals surface area contributed by atoms with E-state index in [1.807, 2.05) is 0 Å². The molecular weight excluding hydrogens is 327 g/mol. The molecule has 2 saturated heterocycles. The zero-order valence-electron chi connectivity index (χ0n) is 12.5. The van der Waals surface area contributed by atoms with Gasteiger partial charge in [-0.3, -0.25) is 14.5 Å². The largest absolute Gasteiger partial charge is 0.416 e. The van der Waals surface area contributed by atoms with Gasteiger partial charge in [-0.2, -0.15) is 13.2 Å². The number of halogens is 3. The molecule has 2 heterocycles. The maximum absolute atomic E-state index is 12.5. The maximum Gasteiger partial charge on any atom is 0.416 e. The van der Waals surface area contributed by atoms with E-state index < -0.39 is 17.8 Å². The molecule has 2 aliphatic heterocycles. The third-order valence-corrected chi connectivity index (χ3v) is 4.10. The lowest BCUT2D eigenvalue weighted by molar-refractivity contribution is -0.141. The summed E-state index contributed by atoms with van der Waals surface area (Å²) in [6.07, 6.45) is -4.43. The fourth-order valence-corrected chi connectivity index (χ4v) is 2.72. The predicted octanol–water partition coefficient (Wildman–Crippen LogP) is 1.01. The summed E-state index contributed by atoms with van der Waals surface area (Å²) in [7, 11) is 0. The monoisotopic (exact) mass is 341 g/mol. The van der Waals surface area contributed by atoms with Crippen LogP contribution in [-0.2, 0) is 22.2 Å². The van der Waals surface area contributed by atoms with Gasteiger partial charge < -0.3 is 10.2 Å². The number of likely N-dealkylation sites (tertiary alicyclic amines) is 1. The Balaban J connectivity index is 1.54. The van der Waals surface area contributed by atoms with E-state index in [-0.39, 0.29) is 43.9 Å². The molecule has 1 N–H and O–H groups in total. The molecule has 1 aromatic rings. The molecule has 6 nitrogen and oxygen atoms in total. The van der Waals surface area contributed by atoms with Crippen LogP contribution < -0.4 is 5.32 Å². The van der Waals surface area contributed by atoms with Crippen LogP contribution in [0.15, 0.2) is 24.3 Å². The van der Waals surface area contributed by atoms with Crippen LogP contribution in [-0.4, -0.2) is 53.3 Å². The molecule has 3 rings (SSSR count). The molecule has 0 saturated carbocycles. The van der Waals surface area contributed by atoms with Crippen molar-refractivity contribution in [2.24, 2.45) is 0 Å². The summed E-state index contributed by atoms with van der Waals surface area (Å²) >= 11 is 0. The lowest BCUT2D eigenvalue weighted by atomic mass is 10.0. The molecule has 0 aliphatic carbocycles. The van der Waals surface area contributed by atoms with Gasteiger partial charge in [0.2, 0.25) is 11.8 Å². The Hall–Kier alpha value is -2.58. The predicted molar refractivity (Wildman–Crippen MR) is 75.8 cm³/mol. The molecule has 4 amide bonds. The molecule has 0 spiro atoms. The summed E-state index contributed by atoms with van der Waals surface area (Å²) in [5.41, 5.74) is -0.285. The van der Waals surface area contributed by atoms with Gasteiger partial charge in [0, 0.05) is 13.1 Å². The lowest BCUT2D eigenvalue weighted by Gasteiger charge is -2.42.